The van der Waals surface area contributed by atoms with Gasteiger partial charge in [0.2, 0.25) is 5.91 Å². The van der Waals surface area contributed by atoms with E-state index in [0.29, 0.717) is 11.5 Å². The smallest absolute Gasteiger partial charge is 0.266 e. The van der Waals surface area contributed by atoms with E-state index in [1.165, 1.54) is 0 Å². The minimum atomic E-state index is -4.09. The van der Waals surface area contributed by atoms with Gasteiger partial charge in [0, 0.05) is 6.54 Å². The molecule has 0 heterocycles. The summed E-state index contributed by atoms with van der Waals surface area (Å²) in [7, 11) is -4.09. The summed E-state index contributed by atoms with van der Waals surface area (Å²) in [4.78, 5) is 12.1. The number of carbonyl (C=O) groups excluding carboxylic acids is 1. The Labute approximate surface area is 141 Å². The van der Waals surface area contributed by atoms with Crippen molar-refractivity contribution in [2.45, 2.75) is 12.8 Å². The van der Waals surface area contributed by atoms with Crippen LogP contribution < -0.4 is 10.1 Å². The molecule has 0 aliphatic heterocycles. The maximum absolute atomic E-state index is 12.1. The molecule has 128 valence electrons. The summed E-state index contributed by atoms with van der Waals surface area (Å²) in [6.45, 7) is 1.58. The van der Waals surface area contributed by atoms with Crippen molar-refractivity contribution in [3.8, 4) is 11.5 Å². The van der Waals surface area contributed by atoms with Gasteiger partial charge in [-0.2, -0.15) is 8.42 Å². The Hall–Kier alpha value is -2.38. The molecule has 0 saturated heterocycles. The third-order valence-corrected chi connectivity index (χ3v) is 4.11. The van der Waals surface area contributed by atoms with E-state index >= 15 is 0 Å². The van der Waals surface area contributed by atoms with Gasteiger partial charge in [0.15, 0.2) is 0 Å². The SMILES string of the molecule is CC(C(=O)NCCS(=O)(=O)O)c1cccc(Oc2ccccc2)c1. The Bertz CT molecular complexity index is 790. The van der Waals surface area contributed by atoms with Crippen molar-refractivity contribution in [1.82, 2.24) is 5.32 Å². The predicted octanol–water partition coefficient (Wildman–Crippen LogP) is 2.59. The Balaban J connectivity index is 2.00. The molecule has 2 N–H and O–H groups in total. The van der Waals surface area contributed by atoms with Crippen molar-refractivity contribution in [2.75, 3.05) is 12.3 Å². The van der Waals surface area contributed by atoms with E-state index in [9.17, 15) is 13.2 Å². The van der Waals surface area contributed by atoms with Gasteiger partial charge in [-0.05, 0) is 36.8 Å². The molecule has 0 bridgehead atoms. The van der Waals surface area contributed by atoms with Crippen LogP contribution in [0.4, 0.5) is 0 Å². The molecular weight excluding hydrogens is 330 g/mol. The van der Waals surface area contributed by atoms with E-state index in [2.05, 4.69) is 5.32 Å². The first-order valence-corrected chi connectivity index (χ1v) is 9.02. The van der Waals surface area contributed by atoms with Crippen molar-refractivity contribution in [2.24, 2.45) is 0 Å². The first kappa shape index (κ1) is 18.0. The third-order valence-electron chi connectivity index (χ3n) is 3.39. The lowest BCUT2D eigenvalue weighted by Gasteiger charge is -2.14. The lowest BCUT2D eigenvalue weighted by molar-refractivity contribution is -0.122. The first-order valence-electron chi connectivity index (χ1n) is 7.41. The Morgan fingerprint density at radius 3 is 2.46 bits per heavy atom. The van der Waals surface area contributed by atoms with E-state index in [-0.39, 0.29) is 12.5 Å². The molecule has 7 heteroatoms. The third kappa shape index (κ3) is 5.68. The molecule has 0 aromatic heterocycles. The summed E-state index contributed by atoms with van der Waals surface area (Å²) < 4.78 is 35.7. The van der Waals surface area contributed by atoms with Gasteiger partial charge < -0.3 is 10.1 Å². The Kier molecular flexibility index (Phi) is 5.94. The second kappa shape index (κ2) is 7.94. The number of hydrogen-bond acceptors (Lipinski definition) is 4. The van der Waals surface area contributed by atoms with Crippen LogP contribution in [0.15, 0.2) is 54.6 Å². The predicted molar refractivity (Wildman–Crippen MR) is 90.8 cm³/mol. The number of benzene rings is 2. The van der Waals surface area contributed by atoms with Gasteiger partial charge in [0.25, 0.3) is 10.1 Å². The van der Waals surface area contributed by atoms with Crippen molar-refractivity contribution in [3.05, 3.63) is 60.2 Å². The van der Waals surface area contributed by atoms with E-state index in [1.807, 2.05) is 30.3 Å². The minimum Gasteiger partial charge on any atom is -0.457 e. The fourth-order valence-corrected chi connectivity index (χ4v) is 2.44. The highest BCUT2D eigenvalue weighted by molar-refractivity contribution is 7.85. The molecule has 2 aromatic carbocycles. The number of carbonyl (C=O) groups is 1. The standard InChI is InChI=1S/C17H19NO5S/c1-13(17(19)18-10-11-24(20,21)22)14-6-5-9-16(12-14)23-15-7-3-2-4-8-15/h2-9,12-13H,10-11H2,1H3,(H,18,19)(H,20,21,22). The molecule has 0 spiro atoms. The quantitative estimate of drug-likeness (QED) is 0.750. The monoisotopic (exact) mass is 349 g/mol. The maximum atomic E-state index is 12.1. The number of ether oxygens (including phenoxy) is 1. The highest BCUT2D eigenvalue weighted by atomic mass is 32.2. The average Bonchev–Trinajstić information content (AvgIpc) is 2.54. The summed E-state index contributed by atoms with van der Waals surface area (Å²) in [6, 6.07) is 16.4. The molecule has 1 unspecified atom stereocenters. The normalized spacial score (nSPS) is 12.4. The van der Waals surface area contributed by atoms with Crippen molar-refractivity contribution in [3.63, 3.8) is 0 Å². The molecule has 0 saturated carbocycles. The molecule has 1 amide bonds. The van der Waals surface area contributed by atoms with Gasteiger partial charge in [0.05, 0.1) is 11.7 Å². The van der Waals surface area contributed by atoms with Gasteiger partial charge in [-0.15, -0.1) is 0 Å². The van der Waals surface area contributed by atoms with Crippen LogP contribution in [-0.4, -0.2) is 31.2 Å². The lowest BCUT2D eigenvalue weighted by atomic mass is 10.0. The number of rotatable bonds is 7. The summed E-state index contributed by atoms with van der Waals surface area (Å²) in [5.74, 6) is -0.0137. The number of amides is 1. The summed E-state index contributed by atoms with van der Waals surface area (Å²) >= 11 is 0. The van der Waals surface area contributed by atoms with Crippen molar-refractivity contribution >= 4 is 16.0 Å². The number of para-hydroxylation sites is 1. The van der Waals surface area contributed by atoms with Gasteiger partial charge in [-0.3, -0.25) is 9.35 Å². The van der Waals surface area contributed by atoms with Crippen LogP contribution in [0.2, 0.25) is 0 Å². The average molecular weight is 349 g/mol. The maximum Gasteiger partial charge on any atom is 0.266 e. The molecular formula is C17H19NO5S. The van der Waals surface area contributed by atoms with Crippen LogP contribution in [-0.2, 0) is 14.9 Å². The Morgan fingerprint density at radius 2 is 1.79 bits per heavy atom. The molecule has 0 aliphatic rings. The minimum absolute atomic E-state index is 0.137. The first-order chi connectivity index (χ1) is 11.3. The van der Waals surface area contributed by atoms with E-state index in [4.69, 9.17) is 9.29 Å². The zero-order chi connectivity index (χ0) is 17.6. The summed E-state index contributed by atoms with van der Waals surface area (Å²) in [5.41, 5.74) is 0.743. The number of hydrogen-bond donors (Lipinski definition) is 2. The second-order valence-corrected chi connectivity index (χ2v) is 6.86. The molecule has 24 heavy (non-hydrogen) atoms. The molecule has 0 fully saturated rings. The molecule has 2 aromatic rings. The summed E-state index contributed by atoms with van der Waals surface area (Å²) in [6.07, 6.45) is 0. The molecule has 2 rings (SSSR count). The van der Waals surface area contributed by atoms with Gasteiger partial charge in [-0.25, -0.2) is 0 Å². The largest absolute Gasteiger partial charge is 0.457 e. The topological polar surface area (TPSA) is 92.7 Å². The van der Waals surface area contributed by atoms with Crippen LogP contribution in [0.25, 0.3) is 0 Å². The Morgan fingerprint density at radius 1 is 1.12 bits per heavy atom. The second-order valence-electron chi connectivity index (χ2n) is 5.29. The van der Waals surface area contributed by atoms with Crippen molar-refractivity contribution in [1.29, 1.82) is 0 Å². The zero-order valence-corrected chi connectivity index (χ0v) is 14.0. The molecule has 0 radical (unpaired) electrons. The molecule has 6 nitrogen and oxygen atoms in total. The van der Waals surface area contributed by atoms with E-state index in [0.717, 1.165) is 5.56 Å². The van der Waals surface area contributed by atoms with Crippen molar-refractivity contribution < 1.29 is 22.5 Å². The van der Waals surface area contributed by atoms with Crippen LogP contribution >= 0.6 is 0 Å². The summed E-state index contributed by atoms with van der Waals surface area (Å²) in [5, 5.41) is 2.49. The van der Waals surface area contributed by atoms with Gasteiger partial charge in [-0.1, -0.05) is 30.3 Å². The van der Waals surface area contributed by atoms with Crippen LogP contribution in [0.5, 0.6) is 11.5 Å². The van der Waals surface area contributed by atoms with Crippen LogP contribution in [0, 0.1) is 0 Å². The fraction of sp³-hybridized carbons (Fsp3) is 0.235. The van der Waals surface area contributed by atoms with Crippen LogP contribution in [0.1, 0.15) is 18.4 Å². The lowest BCUT2D eigenvalue weighted by Crippen LogP contribution is -2.32. The zero-order valence-electron chi connectivity index (χ0n) is 13.2. The molecule has 0 aliphatic carbocycles. The van der Waals surface area contributed by atoms with E-state index < -0.39 is 21.8 Å². The van der Waals surface area contributed by atoms with Crippen LogP contribution in [0.3, 0.4) is 0 Å². The van der Waals surface area contributed by atoms with E-state index in [1.54, 1.807) is 31.2 Å². The highest BCUT2D eigenvalue weighted by Crippen LogP contribution is 2.25. The fourth-order valence-electron chi connectivity index (χ4n) is 2.08. The molecule has 1 atom stereocenters. The van der Waals surface area contributed by atoms with Gasteiger partial charge >= 0.3 is 0 Å². The van der Waals surface area contributed by atoms with Gasteiger partial charge in [0.1, 0.15) is 11.5 Å². The number of nitrogens with one attached hydrogen (secondary N) is 1. The highest BCUT2D eigenvalue weighted by Gasteiger charge is 2.16.